The van der Waals surface area contributed by atoms with Crippen molar-refractivity contribution in [1.29, 1.82) is 0 Å². The maximum atomic E-state index is 12.8. The lowest BCUT2D eigenvalue weighted by molar-refractivity contribution is -0.120. The zero-order valence-corrected chi connectivity index (χ0v) is 16.8. The quantitative estimate of drug-likeness (QED) is 0.720. The van der Waals surface area contributed by atoms with Crippen molar-refractivity contribution in [3.8, 4) is 5.82 Å². The lowest BCUT2D eigenvalue weighted by Gasteiger charge is -2.32. The van der Waals surface area contributed by atoms with Gasteiger partial charge >= 0.3 is 0 Å². The first-order valence-corrected chi connectivity index (χ1v) is 10.1. The molecule has 2 aromatic heterocycles. The highest BCUT2D eigenvalue weighted by atomic mass is 16.1. The summed E-state index contributed by atoms with van der Waals surface area (Å²) in [6.45, 7) is 5.85. The van der Waals surface area contributed by atoms with Crippen molar-refractivity contribution in [2.75, 3.05) is 23.3 Å². The van der Waals surface area contributed by atoms with E-state index in [0.29, 0.717) is 12.5 Å². The molecule has 0 radical (unpaired) electrons. The highest BCUT2D eigenvalue weighted by Crippen LogP contribution is 2.24. The summed E-state index contributed by atoms with van der Waals surface area (Å²) in [5.41, 5.74) is 2.11. The first-order valence-electron chi connectivity index (χ1n) is 10.1. The predicted molar refractivity (Wildman–Crippen MR) is 113 cm³/mol. The third-order valence-electron chi connectivity index (χ3n) is 5.34. The molecule has 1 atom stereocenters. The number of carbonyl (C=O) groups excluding carboxylic acids is 1. The second kappa shape index (κ2) is 8.43. The fourth-order valence-corrected chi connectivity index (χ4v) is 3.63. The number of nitrogens with zero attached hydrogens (tertiary/aromatic N) is 5. The van der Waals surface area contributed by atoms with Gasteiger partial charge in [-0.05, 0) is 42.5 Å². The Morgan fingerprint density at radius 1 is 1.17 bits per heavy atom. The second-order valence-electron chi connectivity index (χ2n) is 7.74. The van der Waals surface area contributed by atoms with Gasteiger partial charge in [0.1, 0.15) is 12.1 Å². The summed E-state index contributed by atoms with van der Waals surface area (Å²) in [6, 6.07) is 11.9. The van der Waals surface area contributed by atoms with Crippen LogP contribution in [0.3, 0.4) is 0 Å². The van der Waals surface area contributed by atoms with Crippen LogP contribution in [0.15, 0.2) is 55.1 Å². The van der Waals surface area contributed by atoms with Gasteiger partial charge in [-0.1, -0.05) is 26.0 Å². The maximum absolute atomic E-state index is 12.8. The molecule has 1 aliphatic rings. The van der Waals surface area contributed by atoms with E-state index in [0.717, 1.165) is 36.7 Å². The van der Waals surface area contributed by atoms with E-state index in [-0.39, 0.29) is 11.8 Å². The first-order chi connectivity index (χ1) is 14.1. The number of nitrogens with one attached hydrogen (secondary N) is 1. The molecule has 3 aromatic rings. The highest BCUT2D eigenvalue weighted by Gasteiger charge is 2.27. The van der Waals surface area contributed by atoms with Crippen LogP contribution in [-0.4, -0.2) is 38.7 Å². The molecule has 3 heterocycles. The summed E-state index contributed by atoms with van der Waals surface area (Å²) in [7, 11) is 0. The minimum atomic E-state index is -0.0726. The molecule has 4 rings (SSSR count). The van der Waals surface area contributed by atoms with Crippen molar-refractivity contribution in [3.63, 3.8) is 0 Å². The van der Waals surface area contributed by atoms with E-state index in [2.05, 4.69) is 51.3 Å². The van der Waals surface area contributed by atoms with Crippen LogP contribution in [0, 0.1) is 5.92 Å². The SMILES string of the molecule is CC(C)c1ccc(NC(=O)C2CCCN(c3cc(-n4cccn4)ncn3)C2)cc1. The molecule has 1 unspecified atom stereocenters. The highest BCUT2D eigenvalue weighted by molar-refractivity contribution is 5.93. The Bertz CT molecular complexity index is 952. The average Bonchev–Trinajstić information content (AvgIpc) is 3.29. The molecule has 1 fully saturated rings. The van der Waals surface area contributed by atoms with Crippen LogP contribution in [0.25, 0.3) is 5.82 Å². The third kappa shape index (κ3) is 4.45. The van der Waals surface area contributed by atoms with E-state index in [4.69, 9.17) is 0 Å². The molecule has 7 nitrogen and oxygen atoms in total. The summed E-state index contributed by atoms with van der Waals surface area (Å²) in [5, 5.41) is 7.29. The Balaban J connectivity index is 1.43. The van der Waals surface area contributed by atoms with Crippen LogP contribution >= 0.6 is 0 Å². The molecular formula is C22H26N6O. The molecular weight excluding hydrogens is 364 g/mol. The van der Waals surface area contributed by atoms with Gasteiger partial charge in [-0.25, -0.2) is 14.6 Å². The van der Waals surface area contributed by atoms with E-state index >= 15 is 0 Å². The number of hydrogen-bond acceptors (Lipinski definition) is 5. The number of benzene rings is 1. The van der Waals surface area contributed by atoms with Gasteiger partial charge in [0, 0.05) is 37.2 Å². The Morgan fingerprint density at radius 2 is 1.97 bits per heavy atom. The van der Waals surface area contributed by atoms with E-state index in [1.54, 1.807) is 17.2 Å². The van der Waals surface area contributed by atoms with Gasteiger partial charge in [-0.3, -0.25) is 4.79 Å². The number of aromatic nitrogens is 4. The van der Waals surface area contributed by atoms with Crippen molar-refractivity contribution < 1.29 is 4.79 Å². The fourth-order valence-electron chi connectivity index (χ4n) is 3.63. The first kappa shape index (κ1) is 19.1. The zero-order valence-electron chi connectivity index (χ0n) is 16.8. The number of amides is 1. The molecule has 1 N–H and O–H groups in total. The minimum Gasteiger partial charge on any atom is -0.356 e. The van der Waals surface area contributed by atoms with E-state index in [1.165, 1.54) is 5.56 Å². The van der Waals surface area contributed by atoms with Crippen LogP contribution in [0.1, 0.15) is 38.2 Å². The molecule has 0 bridgehead atoms. The van der Waals surface area contributed by atoms with Crippen molar-refractivity contribution in [2.45, 2.75) is 32.6 Å². The Hall–Kier alpha value is -3.22. The summed E-state index contributed by atoms with van der Waals surface area (Å²) >= 11 is 0. The summed E-state index contributed by atoms with van der Waals surface area (Å²) in [5.74, 6) is 2.01. The topological polar surface area (TPSA) is 75.9 Å². The molecule has 29 heavy (non-hydrogen) atoms. The Kier molecular flexibility index (Phi) is 5.55. The van der Waals surface area contributed by atoms with Crippen molar-refractivity contribution in [3.05, 3.63) is 60.7 Å². The van der Waals surface area contributed by atoms with Gasteiger partial charge in [-0.2, -0.15) is 5.10 Å². The smallest absolute Gasteiger partial charge is 0.229 e. The van der Waals surface area contributed by atoms with E-state index in [1.807, 2.05) is 30.5 Å². The standard InChI is InChI=1S/C22H26N6O/c1-16(2)17-6-8-19(9-7-17)26-22(29)18-5-3-11-27(14-18)20-13-21(24-15-23-20)28-12-4-10-25-28/h4,6-10,12-13,15-16,18H,3,5,11,14H2,1-2H3,(H,26,29). The molecule has 150 valence electrons. The van der Waals surface area contributed by atoms with Crippen molar-refractivity contribution in [1.82, 2.24) is 19.7 Å². The Labute approximate surface area is 170 Å². The molecule has 1 saturated heterocycles. The van der Waals surface area contributed by atoms with Crippen molar-refractivity contribution in [2.24, 2.45) is 5.92 Å². The third-order valence-corrected chi connectivity index (χ3v) is 5.34. The molecule has 1 amide bonds. The van der Waals surface area contributed by atoms with E-state index < -0.39 is 0 Å². The normalized spacial score (nSPS) is 16.8. The molecule has 0 spiro atoms. The predicted octanol–water partition coefficient (Wildman–Crippen LogP) is 3.64. The average molecular weight is 390 g/mol. The molecule has 7 heteroatoms. The molecule has 1 aliphatic heterocycles. The monoisotopic (exact) mass is 390 g/mol. The van der Waals surface area contributed by atoms with Gasteiger partial charge < -0.3 is 10.2 Å². The number of rotatable bonds is 5. The molecule has 1 aromatic carbocycles. The Morgan fingerprint density at radius 3 is 2.69 bits per heavy atom. The molecule has 0 saturated carbocycles. The van der Waals surface area contributed by atoms with Crippen LogP contribution < -0.4 is 10.2 Å². The van der Waals surface area contributed by atoms with Crippen molar-refractivity contribution >= 4 is 17.4 Å². The number of hydrogen-bond donors (Lipinski definition) is 1. The summed E-state index contributed by atoms with van der Waals surface area (Å²) in [4.78, 5) is 23.7. The maximum Gasteiger partial charge on any atom is 0.229 e. The van der Waals surface area contributed by atoms with Crippen LogP contribution in [-0.2, 0) is 4.79 Å². The van der Waals surface area contributed by atoms with Crippen LogP contribution in [0.2, 0.25) is 0 Å². The summed E-state index contributed by atoms with van der Waals surface area (Å²) < 4.78 is 1.71. The lowest BCUT2D eigenvalue weighted by Crippen LogP contribution is -2.41. The minimum absolute atomic E-state index is 0.0633. The van der Waals surface area contributed by atoms with E-state index in [9.17, 15) is 4.79 Å². The number of carbonyl (C=O) groups is 1. The van der Waals surface area contributed by atoms with Crippen LogP contribution in [0.4, 0.5) is 11.5 Å². The summed E-state index contributed by atoms with van der Waals surface area (Å²) in [6.07, 6.45) is 6.95. The lowest BCUT2D eigenvalue weighted by atomic mass is 9.97. The van der Waals surface area contributed by atoms with Gasteiger partial charge in [-0.15, -0.1) is 0 Å². The van der Waals surface area contributed by atoms with Gasteiger partial charge in [0.15, 0.2) is 5.82 Å². The molecule has 0 aliphatic carbocycles. The van der Waals surface area contributed by atoms with Gasteiger partial charge in [0.05, 0.1) is 5.92 Å². The van der Waals surface area contributed by atoms with Gasteiger partial charge in [0.2, 0.25) is 5.91 Å². The fraction of sp³-hybridized carbons (Fsp3) is 0.364. The second-order valence-corrected chi connectivity index (χ2v) is 7.74. The zero-order chi connectivity index (χ0) is 20.2. The van der Waals surface area contributed by atoms with Crippen LogP contribution in [0.5, 0.6) is 0 Å². The number of anilines is 2. The largest absolute Gasteiger partial charge is 0.356 e. The number of piperidine rings is 1. The van der Waals surface area contributed by atoms with Gasteiger partial charge in [0.25, 0.3) is 0 Å².